The van der Waals surface area contributed by atoms with Gasteiger partial charge in [-0.2, -0.15) is 5.10 Å². The molecule has 1 fully saturated rings. The van der Waals surface area contributed by atoms with Gasteiger partial charge in [0.05, 0.1) is 64.9 Å². The predicted molar refractivity (Wildman–Crippen MR) is 134 cm³/mol. The highest BCUT2D eigenvalue weighted by Crippen LogP contribution is 2.40. The van der Waals surface area contributed by atoms with E-state index in [9.17, 15) is 9.59 Å². The van der Waals surface area contributed by atoms with Gasteiger partial charge in [-0.25, -0.2) is 4.68 Å². The van der Waals surface area contributed by atoms with Crippen LogP contribution in [0.5, 0.6) is 17.2 Å². The zero-order valence-electron chi connectivity index (χ0n) is 20.4. The third-order valence-corrected chi connectivity index (χ3v) is 5.63. The number of morpholine rings is 1. The number of hydrogen-bond acceptors (Lipinski definition) is 8. The van der Waals surface area contributed by atoms with E-state index in [1.54, 1.807) is 47.4 Å². The number of nitrogens with one attached hydrogen (secondary N) is 2. The number of hydrogen-bond donors (Lipinski definition) is 2. The molecule has 0 spiro atoms. The van der Waals surface area contributed by atoms with Crippen molar-refractivity contribution in [3.8, 4) is 22.9 Å². The van der Waals surface area contributed by atoms with Gasteiger partial charge in [-0.3, -0.25) is 14.5 Å². The van der Waals surface area contributed by atoms with Crippen molar-refractivity contribution in [1.82, 2.24) is 14.7 Å². The average molecular weight is 496 g/mol. The standard InChI is InChI=1S/C25H29N5O6/c1-33-21-12-18(13-22(34-2)24(21)35-3)28-25(32)17-5-4-6-20(11-17)30-15-19(14-26-30)27-23(31)16-29-7-9-36-10-8-29/h4-6,11-15H,7-10,16H2,1-3H3,(H,27,31)(H,28,32). The molecule has 190 valence electrons. The van der Waals surface area contributed by atoms with E-state index in [1.165, 1.54) is 21.3 Å². The van der Waals surface area contributed by atoms with Crippen molar-refractivity contribution in [3.05, 3.63) is 54.4 Å². The molecule has 2 N–H and O–H groups in total. The fourth-order valence-corrected chi connectivity index (χ4v) is 3.84. The molecule has 1 aliphatic heterocycles. The Kier molecular flexibility index (Phi) is 8.03. The molecule has 11 heteroatoms. The van der Waals surface area contributed by atoms with Gasteiger partial charge in [-0.1, -0.05) is 6.07 Å². The molecular formula is C25H29N5O6. The van der Waals surface area contributed by atoms with Gasteiger partial charge in [-0.05, 0) is 18.2 Å². The molecule has 2 aromatic carbocycles. The second-order valence-electron chi connectivity index (χ2n) is 8.03. The fraction of sp³-hybridized carbons (Fsp3) is 0.320. The molecule has 0 bridgehead atoms. The smallest absolute Gasteiger partial charge is 0.255 e. The maximum atomic E-state index is 13.0. The predicted octanol–water partition coefficient (Wildman–Crippen LogP) is 2.42. The Morgan fingerprint density at radius 1 is 0.972 bits per heavy atom. The molecule has 1 aromatic heterocycles. The van der Waals surface area contributed by atoms with Crippen LogP contribution >= 0.6 is 0 Å². The summed E-state index contributed by atoms with van der Waals surface area (Å²) < 4.78 is 22.9. The van der Waals surface area contributed by atoms with Gasteiger partial charge in [0.1, 0.15) is 0 Å². The van der Waals surface area contributed by atoms with E-state index in [-0.39, 0.29) is 11.8 Å². The van der Waals surface area contributed by atoms with E-state index < -0.39 is 0 Å². The van der Waals surface area contributed by atoms with Gasteiger partial charge >= 0.3 is 0 Å². The molecule has 2 heterocycles. The van der Waals surface area contributed by atoms with Gasteiger partial charge in [0.2, 0.25) is 11.7 Å². The first-order valence-electron chi connectivity index (χ1n) is 11.4. The van der Waals surface area contributed by atoms with E-state index in [2.05, 4.69) is 15.7 Å². The van der Waals surface area contributed by atoms with Crippen molar-refractivity contribution in [3.63, 3.8) is 0 Å². The highest BCUT2D eigenvalue weighted by atomic mass is 16.5. The third-order valence-electron chi connectivity index (χ3n) is 5.63. The maximum absolute atomic E-state index is 13.0. The van der Waals surface area contributed by atoms with Crippen molar-refractivity contribution >= 4 is 23.2 Å². The molecular weight excluding hydrogens is 466 g/mol. The van der Waals surface area contributed by atoms with Crippen molar-refractivity contribution in [2.75, 3.05) is 64.8 Å². The van der Waals surface area contributed by atoms with Crippen LogP contribution in [0.2, 0.25) is 0 Å². The molecule has 11 nitrogen and oxygen atoms in total. The number of aromatic nitrogens is 2. The zero-order valence-corrected chi connectivity index (χ0v) is 20.4. The minimum absolute atomic E-state index is 0.116. The van der Waals surface area contributed by atoms with E-state index in [0.717, 1.165) is 13.1 Å². The first-order chi connectivity index (χ1) is 17.5. The summed E-state index contributed by atoms with van der Waals surface area (Å²) in [7, 11) is 4.53. The Bertz CT molecular complexity index is 1200. The van der Waals surface area contributed by atoms with Crippen LogP contribution in [0.15, 0.2) is 48.8 Å². The number of amides is 2. The number of anilines is 2. The Morgan fingerprint density at radius 2 is 1.69 bits per heavy atom. The van der Waals surface area contributed by atoms with E-state index in [4.69, 9.17) is 18.9 Å². The number of carbonyl (C=O) groups excluding carboxylic acids is 2. The van der Waals surface area contributed by atoms with Gasteiger partial charge in [0.25, 0.3) is 5.91 Å². The molecule has 1 saturated heterocycles. The van der Waals surface area contributed by atoms with E-state index >= 15 is 0 Å². The van der Waals surface area contributed by atoms with Crippen molar-refractivity contribution in [1.29, 1.82) is 0 Å². The first kappa shape index (κ1) is 25.0. The molecule has 4 rings (SSSR count). The van der Waals surface area contributed by atoms with Gasteiger partial charge in [0, 0.05) is 36.5 Å². The molecule has 0 unspecified atom stereocenters. The molecule has 0 radical (unpaired) electrons. The third kappa shape index (κ3) is 5.93. The number of methoxy groups -OCH3 is 3. The van der Waals surface area contributed by atoms with Crippen LogP contribution in [0.1, 0.15) is 10.4 Å². The molecule has 3 aromatic rings. The van der Waals surface area contributed by atoms with Crippen molar-refractivity contribution in [2.45, 2.75) is 0 Å². The van der Waals surface area contributed by atoms with E-state index in [0.29, 0.717) is 59.6 Å². The lowest BCUT2D eigenvalue weighted by molar-refractivity contribution is -0.118. The van der Waals surface area contributed by atoms with Crippen LogP contribution in [-0.4, -0.2) is 80.7 Å². The molecule has 0 aliphatic carbocycles. The summed E-state index contributed by atoms with van der Waals surface area (Å²) in [4.78, 5) is 27.4. The Labute approximate surface area is 208 Å². The SMILES string of the molecule is COc1cc(NC(=O)c2cccc(-n3cc(NC(=O)CN4CCOCC4)cn3)c2)cc(OC)c1OC. The highest BCUT2D eigenvalue weighted by Gasteiger charge is 2.17. The number of ether oxygens (including phenoxy) is 4. The van der Waals surface area contributed by atoms with Crippen molar-refractivity contribution < 1.29 is 28.5 Å². The largest absolute Gasteiger partial charge is 0.493 e. The van der Waals surface area contributed by atoms with Crippen LogP contribution in [0.4, 0.5) is 11.4 Å². The Morgan fingerprint density at radius 3 is 2.36 bits per heavy atom. The molecule has 36 heavy (non-hydrogen) atoms. The number of rotatable bonds is 9. The monoisotopic (exact) mass is 495 g/mol. The maximum Gasteiger partial charge on any atom is 0.255 e. The summed E-state index contributed by atoms with van der Waals surface area (Å²) in [5.74, 6) is 0.861. The molecule has 2 amide bonds. The van der Waals surface area contributed by atoms with Gasteiger partial charge in [-0.15, -0.1) is 0 Å². The lowest BCUT2D eigenvalue weighted by Gasteiger charge is -2.25. The highest BCUT2D eigenvalue weighted by molar-refractivity contribution is 6.05. The minimum Gasteiger partial charge on any atom is -0.493 e. The van der Waals surface area contributed by atoms with Crippen LogP contribution in [0, 0.1) is 0 Å². The minimum atomic E-state index is -0.322. The molecule has 0 saturated carbocycles. The number of nitrogens with zero attached hydrogens (tertiary/aromatic N) is 3. The second-order valence-corrected chi connectivity index (χ2v) is 8.03. The van der Waals surface area contributed by atoms with Gasteiger partial charge in [0.15, 0.2) is 11.5 Å². The van der Waals surface area contributed by atoms with Crippen molar-refractivity contribution in [2.24, 2.45) is 0 Å². The lowest BCUT2D eigenvalue weighted by atomic mass is 10.1. The van der Waals surface area contributed by atoms with Crippen LogP contribution in [0.25, 0.3) is 5.69 Å². The second kappa shape index (κ2) is 11.6. The van der Waals surface area contributed by atoms with Gasteiger partial charge < -0.3 is 29.6 Å². The van der Waals surface area contributed by atoms with Crippen LogP contribution < -0.4 is 24.8 Å². The molecule has 1 aliphatic rings. The summed E-state index contributed by atoms with van der Waals surface area (Å²) in [5.41, 5.74) is 2.15. The fourth-order valence-electron chi connectivity index (χ4n) is 3.84. The van der Waals surface area contributed by atoms with E-state index in [1.807, 2.05) is 11.0 Å². The average Bonchev–Trinajstić information content (AvgIpc) is 3.37. The lowest BCUT2D eigenvalue weighted by Crippen LogP contribution is -2.41. The summed E-state index contributed by atoms with van der Waals surface area (Å²) in [6.07, 6.45) is 3.27. The quantitative estimate of drug-likeness (QED) is 0.465. The Balaban J connectivity index is 1.44. The number of benzene rings is 2. The zero-order chi connectivity index (χ0) is 25.5. The summed E-state index contributed by atoms with van der Waals surface area (Å²) in [5, 5.41) is 10.0. The molecule has 0 atom stereocenters. The Hall–Kier alpha value is -4.09. The topological polar surface area (TPSA) is 116 Å². The normalized spacial score (nSPS) is 13.6. The summed E-state index contributed by atoms with van der Waals surface area (Å²) in [6.45, 7) is 3.03. The number of carbonyl (C=O) groups is 2. The summed E-state index contributed by atoms with van der Waals surface area (Å²) >= 11 is 0. The summed E-state index contributed by atoms with van der Waals surface area (Å²) in [6, 6.07) is 10.3. The van der Waals surface area contributed by atoms with Crippen LogP contribution in [-0.2, 0) is 9.53 Å². The van der Waals surface area contributed by atoms with Crippen LogP contribution in [0.3, 0.4) is 0 Å². The first-order valence-corrected chi connectivity index (χ1v) is 11.4.